The molecule has 0 amide bonds. The molecule has 1 aromatic carbocycles. The molecule has 1 N–H and O–H groups in total. The van der Waals surface area contributed by atoms with Crippen LogP contribution in [0.4, 0.5) is 0 Å². The van der Waals surface area contributed by atoms with E-state index in [2.05, 4.69) is 12.1 Å². The van der Waals surface area contributed by atoms with Gasteiger partial charge in [0, 0.05) is 5.56 Å². The lowest BCUT2D eigenvalue weighted by Gasteiger charge is -2.05. The van der Waals surface area contributed by atoms with Crippen molar-refractivity contribution in [3.63, 3.8) is 0 Å². The molecule has 22 heavy (non-hydrogen) atoms. The van der Waals surface area contributed by atoms with E-state index >= 15 is 0 Å². The molecule has 0 spiro atoms. The van der Waals surface area contributed by atoms with E-state index in [0.29, 0.717) is 0 Å². The fraction of sp³-hybridized carbons (Fsp3) is 0.632. The lowest BCUT2D eigenvalue weighted by Crippen LogP contribution is -1.97. The van der Waals surface area contributed by atoms with E-state index in [1.807, 2.05) is 30.3 Å². The summed E-state index contributed by atoms with van der Waals surface area (Å²) in [6, 6.07) is 9.90. The Kier molecular flexibility index (Phi) is 11.9. The predicted octanol–water partition coefficient (Wildman–Crippen LogP) is 6.48. The van der Waals surface area contributed by atoms with Crippen LogP contribution >= 0.6 is 11.8 Å². The van der Waals surface area contributed by atoms with Crippen LogP contribution in [0.1, 0.15) is 76.7 Å². The summed E-state index contributed by atoms with van der Waals surface area (Å²) in [6.45, 7) is 2.27. The van der Waals surface area contributed by atoms with E-state index in [9.17, 15) is 0 Å². The zero-order valence-corrected chi connectivity index (χ0v) is 14.8. The van der Waals surface area contributed by atoms with Gasteiger partial charge in [-0.2, -0.15) is 0 Å². The van der Waals surface area contributed by atoms with Crippen molar-refractivity contribution in [2.75, 3.05) is 5.75 Å². The van der Waals surface area contributed by atoms with Gasteiger partial charge < -0.3 is 5.21 Å². The third-order valence-corrected chi connectivity index (χ3v) is 4.93. The monoisotopic (exact) mass is 321 g/mol. The van der Waals surface area contributed by atoms with E-state index < -0.39 is 0 Å². The van der Waals surface area contributed by atoms with Crippen molar-refractivity contribution < 1.29 is 5.21 Å². The lowest BCUT2D eigenvalue weighted by atomic mass is 10.1. The van der Waals surface area contributed by atoms with Crippen molar-refractivity contribution in [3.8, 4) is 0 Å². The normalized spacial score (nSPS) is 11.8. The Morgan fingerprint density at radius 1 is 0.864 bits per heavy atom. The molecule has 0 aliphatic rings. The van der Waals surface area contributed by atoms with Gasteiger partial charge in [0.25, 0.3) is 0 Å². The van der Waals surface area contributed by atoms with Gasteiger partial charge in [-0.15, -0.1) is 11.8 Å². The lowest BCUT2D eigenvalue weighted by molar-refractivity contribution is 0.321. The van der Waals surface area contributed by atoms with Gasteiger partial charge in [-0.3, -0.25) is 0 Å². The molecule has 0 atom stereocenters. The molecule has 0 aromatic heterocycles. The van der Waals surface area contributed by atoms with Gasteiger partial charge in [0.05, 0.1) is 0 Å². The summed E-state index contributed by atoms with van der Waals surface area (Å²) in [5.41, 5.74) is 1.00. The van der Waals surface area contributed by atoms with Gasteiger partial charge in [-0.1, -0.05) is 100 Å². The fourth-order valence-corrected chi connectivity index (χ4v) is 3.41. The standard InChI is InChI=1S/C19H31NOS/c1-2-3-4-5-6-7-8-9-10-14-17-22-19(20-21)18-15-12-11-13-16-18/h11-13,15-16,21H,2-10,14,17H2,1H3. The number of hydrogen-bond donors (Lipinski definition) is 1. The van der Waals surface area contributed by atoms with Crippen LogP contribution in [-0.4, -0.2) is 16.0 Å². The highest BCUT2D eigenvalue weighted by Gasteiger charge is 2.04. The highest BCUT2D eigenvalue weighted by molar-refractivity contribution is 8.14. The van der Waals surface area contributed by atoms with Crippen molar-refractivity contribution in [1.82, 2.24) is 0 Å². The highest BCUT2D eigenvalue weighted by Crippen LogP contribution is 2.17. The smallest absolute Gasteiger partial charge is 0.142 e. The molecule has 0 unspecified atom stereocenters. The number of oxime groups is 1. The summed E-state index contributed by atoms with van der Waals surface area (Å²) in [6.07, 6.45) is 13.6. The third kappa shape index (κ3) is 9.14. The maximum Gasteiger partial charge on any atom is 0.142 e. The first-order valence-electron chi connectivity index (χ1n) is 8.78. The number of unbranched alkanes of at least 4 members (excludes halogenated alkanes) is 9. The summed E-state index contributed by atoms with van der Waals surface area (Å²) < 4.78 is 0. The summed E-state index contributed by atoms with van der Waals surface area (Å²) in [5, 5.41) is 13.3. The summed E-state index contributed by atoms with van der Waals surface area (Å²) in [7, 11) is 0. The molecular formula is C19H31NOS. The summed E-state index contributed by atoms with van der Waals surface area (Å²) in [5.74, 6) is 1.03. The van der Waals surface area contributed by atoms with Crippen molar-refractivity contribution in [2.45, 2.75) is 71.1 Å². The fourth-order valence-electron chi connectivity index (χ4n) is 2.51. The maximum atomic E-state index is 9.11. The first-order valence-corrected chi connectivity index (χ1v) is 9.77. The molecular weight excluding hydrogens is 290 g/mol. The average molecular weight is 322 g/mol. The minimum atomic E-state index is 0.733. The predicted molar refractivity (Wildman–Crippen MR) is 99.1 cm³/mol. The van der Waals surface area contributed by atoms with Gasteiger partial charge in [-0.05, 0) is 12.2 Å². The van der Waals surface area contributed by atoms with Crippen molar-refractivity contribution in [2.24, 2.45) is 5.16 Å². The molecule has 0 aliphatic carbocycles. The SMILES string of the molecule is CCCCCCCCCCCCSC(=NO)c1ccccc1. The zero-order valence-electron chi connectivity index (χ0n) is 14.0. The second kappa shape index (κ2) is 13.7. The Hall–Kier alpha value is -0.960. The Morgan fingerprint density at radius 3 is 1.95 bits per heavy atom. The highest BCUT2D eigenvalue weighted by atomic mass is 32.2. The van der Waals surface area contributed by atoms with Gasteiger partial charge in [0.2, 0.25) is 0 Å². The Balaban J connectivity index is 1.97. The van der Waals surface area contributed by atoms with Crippen LogP contribution in [0.25, 0.3) is 0 Å². The van der Waals surface area contributed by atoms with Crippen molar-refractivity contribution in [3.05, 3.63) is 35.9 Å². The molecule has 1 rings (SSSR count). The maximum absolute atomic E-state index is 9.11. The number of hydrogen-bond acceptors (Lipinski definition) is 3. The molecule has 0 bridgehead atoms. The molecule has 0 fully saturated rings. The molecule has 0 aliphatic heterocycles. The third-order valence-electron chi connectivity index (χ3n) is 3.85. The number of benzene rings is 1. The van der Waals surface area contributed by atoms with Crippen LogP contribution in [0, 0.1) is 0 Å². The summed E-state index contributed by atoms with van der Waals surface area (Å²) in [4.78, 5) is 0. The molecule has 124 valence electrons. The van der Waals surface area contributed by atoms with Gasteiger partial charge in [0.1, 0.15) is 5.04 Å². The van der Waals surface area contributed by atoms with Gasteiger partial charge in [0.15, 0.2) is 0 Å². The average Bonchev–Trinajstić information content (AvgIpc) is 2.57. The molecule has 0 heterocycles. The van der Waals surface area contributed by atoms with E-state index in [1.165, 1.54) is 64.2 Å². The second-order valence-corrected chi connectivity index (χ2v) is 6.89. The van der Waals surface area contributed by atoms with E-state index in [0.717, 1.165) is 16.4 Å². The topological polar surface area (TPSA) is 32.6 Å². The largest absolute Gasteiger partial charge is 0.410 e. The van der Waals surface area contributed by atoms with Crippen LogP contribution in [0.15, 0.2) is 35.5 Å². The molecule has 3 heteroatoms. The van der Waals surface area contributed by atoms with Crippen LogP contribution in [0.2, 0.25) is 0 Å². The molecule has 1 aromatic rings. The number of thioether (sulfide) groups is 1. The van der Waals surface area contributed by atoms with Crippen LogP contribution in [0.3, 0.4) is 0 Å². The minimum Gasteiger partial charge on any atom is -0.410 e. The Morgan fingerprint density at radius 2 is 1.41 bits per heavy atom. The van der Waals surface area contributed by atoms with Gasteiger partial charge >= 0.3 is 0 Å². The van der Waals surface area contributed by atoms with E-state index in [1.54, 1.807) is 11.8 Å². The zero-order chi connectivity index (χ0) is 15.9. The van der Waals surface area contributed by atoms with Gasteiger partial charge in [-0.25, -0.2) is 0 Å². The van der Waals surface area contributed by atoms with Crippen molar-refractivity contribution in [1.29, 1.82) is 0 Å². The van der Waals surface area contributed by atoms with Crippen LogP contribution in [-0.2, 0) is 0 Å². The quantitative estimate of drug-likeness (QED) is 0.157. The Labute approximate surface area is 140 Å². The van der Waals surface area contributed by atoms with E-state index in [-0.39, 0.29) is 0 Å². The second-order valence-electron chi connectivity index (χ2n) is 5.80. The first kappa shape index (κ1) is 19.1. The first-order chi connectivity index (χ1) is 10.9. The number of rotatable bonds is 12. The van der Waals surface area contributed by atoms with Crippen LogP contribution < -0.4 is 0 Å². The number of nitrogens with zero attached hydrogens (tertiary/aromatic N) is 1. The summed E-state index contributed by atoms with van der Waals surface area (Å²) >= 11 is 1.65. The minimum absolute atomic E-state index is 0.733. The van der Waals surface area contributed by atoms with Crippen molar-refractivity contribution >= 4 is 16.8 Å². The molecule has 0 saturated carbocycles. The molecule has 2 nitrogen and oxygen atoms in total. The van der Waals surface area contributed by atoms with E-state index in [4.69, 9.17) is 5.21 Å². The molecule has 0 radical (unpaired) electrons. The molecule has 0 saturated heterocycles. The Bertz CT molecular complexity index is 392. The van der Waals surface area contributed by atoms with Crippen LogP contribution in [0.5, 0.6) is 0 Å².